The first kappa shape index (κ1) is 47.2. The summed E-state index contributed by atoms with van der Waals surface area (Å²) < 4.78 is 0. The Bertz CT molecular complexity index is 508. The van der Waals surface area contributed by atoms with Crippen LogP contribution in [-0.2, 0) is 36.9 Å². The van der Waals surface area contributed by atoms with Gasteiger partial charge in [-0.2, -0.15) is 0 Å². The van der Waals surface area contributed by atoms with Gasteiger partial charge in [-0.25, -0.2) is 0 Å². The van der Waals surface area contributed by atoms with Gasteiger partial charge in [0, 0.05) is 11.9 Å². The third-order valence-corrected chi connectivity index (χ3v) is 8.01. The van der Waals surface area contributed by atoms with Crippen molar-refractivity contribution in [3.05, 3.63) is 0 Å². The van der Waals surface area contributed by atoms with E-state index >= 15 is 0 Å². The molecular formula is C36H70CdO6. The van der Waals surface area contributed by atoms with Gasteiger partial charge < -0.3 is 30.0 Å². The number of aliphatic hydroxyl groups is 2. The van der Waals surface area contributed by atoms with Crippen molar-refractivity contribution in [1.82, 2.24) is 0 Å². The number of aliphatic hydroxyl groups excluding tert-OH is 2. The minimum Gasteiger partial charge on any atom is -0.550 e. The van der Waals surface area contributed by atoms with Gasteiger partial charge in [-0.3, -0.25) is 0 Å². The number of carboxylic acid groups (broad SMARTS) is 2. The number of carboxylic acids is 2. The van der Waals surface area contributed by atoms with Crippen LogP contribution in [0.15, 0.2) is 0 Å². The average Bonchev–Trinajstić information content (AvgIpc) is 2.92. The molecule has 0 amide bonds. The van der Waals surface area contributed by atoms with Crippen LogP contribution in [0.5, 0.6) is 0 Å². The zero-order valence-corrected chi connectivity index (χ0v) is 32.6. The van der Waals surface area contributed by atoms with Crippen LogP contribution in [0.4, 0.5) is 0 Å². The normalized spacial score (nSPS) is 12.2. The van der Waals surface area contributed by atoms with Crippen LogP contribution >= 0.6 is 0 Å². The molecule has 6 nitrogen and oxygen atoms in total. The summed E-state index contributed by atoms with van der Waals surface area (Å²) in [5, 5.41) is 38.7. The number of carbonyl (C=O) groups excluding carboxylic acids is 2. The first-order valence-electron chi connectivity index (χ1n) is 18.0. The summed E-state index contributed by atoms with van der Waals surface area (Å²) in [6.45, 7) is 3.73. The van der Waals surface area contributed by atoms with Gasteiger partial charge in [-0.1, -0.05) is 154 Å². The third kappa shape index (κ3) is 51.6. The molecule has 0 aliphatic heterocycles. The van der Waals surface area contributed by atoms with E-state index in [9.17, 15) is 19.8 Å². The number of hydrogen-bond donors (Lipinski definition) is 2. The van der Waals surface area contributed by atoms with Gasteiger partial charge in [0.1, 0.15) is 0 Å². The summed E-state index contributed by atoms with van der Waals surface area (Å²) in [4.78, 5) is 20.5. The van der Waals surface area contributed by atoms with Gasteiger partial charge in [-0.15, -0.1) is 0 Å². The van der Waals surface area contributed by atoms with Crippen molar-refractivity contribution in [2.45, 2.75) is 219 Å². The molecule has 0 aromatic carbocycles. The molecule has 43 heavy (non-hydrogen) atoms. The second-order valence-electron chi connectivity index (χ2n) is 12.7. The second kappa shape index (κ2) is 39.8. The van der Waals surface area contributed by atoms with Crippen molar-refractivity contribution in [3.63, 3.8) is 0 Å². The molecule has 0 bridgehead atoms. The fourth-order valence-electron chi connectivity index (χ4n) is 5.31. The first-order valence-corrected chi connectivity index (χ1v) is 18.0. The third-order valence-electron chi connectivity index (χ3n) is 8.01. The largest absolute Gasteiger partial charge is 2.00 e. The SMILES string of the molecule is CC(O)CCCCCCCCCCCCCCCC(=O)[O-].CC(O)CCCCCCCCCCCCCCCC(=O)[O-].[Cd+2]. The van der Waals surface area contributed by atoms with Crippen molar-refractivity contribution in [2.75, 3.05) is 0 Å². The molecular weight excluding hydrogens is 641 g/mol. The number of unbranched alkanes of at least 4 members (excludes halogenated alkanes) is 24. The Hall–Kier alpha value is -0.218. The van der Waals surface area contributed by atoms with E-state index in [1.165, 1.54) is 116 Å². The maximum Gasteiger partial charge on any atom is 2.00 e. The smallest absolute Gasteiger partial charge is 0.550 e. The quantitative estimate of drug-likeness (QED) is 0.0540. The Balaban J connectivity index is -0.000000727. The van der Waals surface area contributed by atoms with Gasteiger partial charge >= 0.3 is 27.3 Å². The van der Waals surface area contributed by atoms with Crippen LogP contribution in [0.1, 0.15) is 206 Å². The van der Waals surface area contributed by atoms with Crippen LogP contribution in [-0.4, -0.2) is 34.4 Å². The van der Waals surface area contributed by atoms with Crippen molar-refractivity contribution in [2.24, 2.45) is 0 Å². The standard InChI is InChI=1S/2C18H36O3.Cd/c2*1-17(19)15-13-11-9-7-5-3-2-4-6-8-10-12-14-16-18(20)21;/h2*17,19H,2-16H2,1H3,(H,20,21);/q;;+2/p-2. The molecule has 252 valence electrons. The fourth-order valence-corrected chi connectivity index (χ4v) is 5.31. The number of carbonyl (C=O) groups is 2. The van der Waals surface area contributed by atoms with Crippen molar-refractivity contribution >= 4 is 11.9 Å². The van der Waals surface area contributed by atoms with Crippen LogP contribution in [0.25, 0.3) is 0 Å². The summed E-state index contributed by atoms with van der Waals surface area (Å²) in [6.07, 6.45) is 33.9. The van der Waals surface area contributed by atoms with Gasteiger partial charge in [-0.05, 0) is 52.4 Å². The van der Waals surface area contributed by atoms with Crippen LogP contribution in [0.3, 0.4) is 0 Å². The molecule has 0 aromatic heterocycles. The maximum atomic E-state index is 10.2. The zero-order valence-electron chi connectivity index (χ0n) is 28.6. The molecule has 0 heterocycles. The molecule has 2 N–H and O–H groups in total. The number of hydrogen-bond acceptors (Lipinski definition) is 6. The summed E-state index contributed by atoms with van der Waals surface area (Å²) in [5.41, 5.74) is 0. The van der Waals surface area contributed by atoms with Gasteiger partial charge in [0.25, 0.3) is 0 Å². The number of rotatable bonds is 32. The molecule has 2 unspecified atom stereocenters. The molecule has 0 rings (SSSR count). The zero-order chi connectivity index (χ0) is 31.5. The monoisotopic (exact) mass is 712 g/mol. The van der Waals surface area contributed by atoms with E-state index in [1.54, 1.807) is 0 Å². The summed E-state index contributed by atoms with van der Waals surface area (Å²) in [6, 6.07) is 0. The molecule has 0 aliphatic carbocycles. The second-order valence-corrected chi connectivity index (χ2v) is 12.7. The van der Waals surface area contributed by atoms with Gasteiger partial charge in [0.15, 0.2) is 0 Å². The molecule has 0 aliphatic rings. The van der Waals surface area contributed by atoms with Gasteiger partial charge in [0.05, 0.1) is 12.2 Å². The van der Waals surface area contributed by atoms with Crippen LogP contribution in [0.2, 0.25) is 0 Å². The van der Waals surface area contributed by atoms with Crippen LogP contribution in [0, 0.1) is 0 Å². The minimum atomic E-state index is -0.916. The topological polar surface area (TPSA) is 121 Å². The summed E-state index contributed by atoms with van der Waals surface area (Å²) in [5.74, 6) is -1.83. The molecule has 2 atom stereocenters. The summed E-state index contributed by atoms with van der Waals surface area (Å²) in [7, 11) is 0. The van der Waals surface area contributed by atoms with E-state index in [2.05, 4.69) is 0 Å². The molecule has 0 spiro atoms. The van der Waals surface area contributed by atoms with Crippen molar-refractivity contribution in [3.8, 4) is 0 Å². The Morgan fingerprint density at radius 2 is 0.558 bits per heavy atom. The predicted octanol–water partition coefficient (Wildman–Crippen LogP) is 7.93. The Morgan fingerprint density at radius 1 is 0.395 bits per heavy atom. The van der Waals surface area contributed by atoms with E-state index in [4.69, 9.17) is 10.2 Å². The van der Waals surface area contributed by atoms with Crippen molar-refractivity contribution < 1.29 is 57.3 Å². The Kier molecular flexibility index (Phi) is 43.7. The molecule has 0 aromatic rings. The average molecular weight is 711 g/mol. The Labute approximate surface area is 286 Å². The molecule has 0 saturated carbocycles. The van der Waals surface area contributed by atoms with E-state index in [-0.39, 0.29) is 52.3 Å². The fraction of sp³-hybridized carbons (Fsp3) is 0.944. The van der Waals surface area contributed by atoms with E-state index < -0.39 is 11.9 Å². The minimum absolute atomic E-state index is 0. The molecule has 0 fully saturated rings. The van der Waals surface area contributed by atoms with E-state index in [0.717, 1.165) is 64.2 Å². The van der Waals surface area contributed by atoms with E-state index in [0.29, 0.717) is 0 Å². The molecule has 0 saturated heterocycles. The first-order chi connectivity index (χ1) is 20.3. The van der Waals surface area contributed by atoms with Gasteiger partial charge in [0.2, 0.25) is 0 Å². The van der Waals surface area contributed by atoms with Crippen molar-refractivity contribution in [1.29, 1.82) is 0 Å². The van der Waals surface area contributed by atoms with E-state index in [1.807, 2.05) is 13.8 Å². The molecule has 0 radical (unpaired) electrons. The van der Waals surface area contributed by atoms with Crippen LogP contribution < -0.4 is 10.2 Å². The maximum absolute atomic E-state index is 10.2. The Morgan fingerprint density at radius 3 is 0.721 bits per heavy atom. The number of aliphatic carboxylic acids is 2. The summed E-state index contributed by atoms with van der Waals surface area (Å²) >= 11 is 0. The predicted molar refractivity (Wildman–Crippen MR) is 172 cm³/mol. The molecule has 7 heteroatoms.